The summed E-state index contributed by atoms with van der Waals surface area (Å²) in [6.07, 6.45) is 1.28. The molecule has 6 heteroatoms. The number of halogens is 1. The van der Waals surface area contributed by atoms with Gasteiger partial charge in [0.15, 0.2) is 0 Å². The molecule has 0 atom stereocenters. The SMILES string of the molecule is Cc1ccc(N=Cc2cc([N+](=O)[O-])ccc2[O-])c(Cl)c1. The molecule has 0 fully saturated rings. The third-order valence-corrected chi connectivity index (χ3v) is 2.95. The molecule has 20 heavy (non-hydrogen) atoms. The molecule has 102 valence electrons. The Labute approximate surface area is 120 Å². The molecule has 2 rings (SSSR count). The summed E-state index contributed by atoms with van der Waals surface area (Å²) in [5.74, 6) is -0.331. The van der Waals surface area contributed by atoms with Crippen molar-refractivity contribution in [3.8, 4) is 5.75 Å². The first-order valence-corrected chi connectivity index (χ1v) is 6.11. The largest absolute Gasteiger partial charge is 0.872 e. The van der Waals surface area contributed by atoms with Gasteiger partial charge in [-0.05, 0) is 30.2 Å². The van der Waals surface area contributed by atoms with Gasteiger partial charge in [-0.15, -0.1) is 0 Å². The predicted octanol–water partition coefficient (Wildman–Crippen LogP) is 3.38. The first-order valence-electron chi connectivity index (χ1n) is 5.73. The summed E-state index contributed by atoms with van der Waals surface area (Å²) in [6.45, 7) is 1.90. The number of aryl methyl sites for hydroxylation is 1. The lowest BCUT2D eigenvalue weighted by Crippen LogP contribution is -1.98. The molecule has 2 aromatic rings. The van der Waals surface area contributed by atoms with Crippen LogP contribution in [0.25, 0.3) is 0 Å². The Balaban J connectivity index is 2.35. The van der Waals surface area contributed by atoms with E-state index in [1.54, 1.807) is 12.1 Å². The van der Waals surface area contributed by atoms with E-state index in [0.29, 0.717) is 10.7 Å². The van der Waals surface area contributed by atoms with Gasteiger partial charge in [0.25, 0.3) is 5.69 Å². The van der Waals surface area contributed by atoms with E-state index < -0.39 is 4.92 Å². The fraction of sp³-hybridized carbons (Fsp3) is 0.0714. The first kappa shape index (κ1) is 14.0. The Morgan fingerprint density at radius 2 is 2.00 bits per heavy atom. The van der Waals surface area contributed by atoms with Gasteiger partial charge in [-0.25, -0.2) is 0 Å². The van der Waals surface area contributed by atoms with E-state index in [9.17, 15) is 15.2 Å². The molecule has 0 amide bonds. The summed E-state index contributed by atoms with van der Waals surface area (Å²) in [4.78, 5) is 14.2. The Bertz CT molecular complexity index is 699. The van der Waals surface area contributed by atoms with Crippen LogP contribution in [0.15, 0.2) is 41.4 Å². The van der Waals surface area contributed by atoms with Crippen LogP contribution in [0.4, 0.5) is 11.4 Å². The molecular formula is C14H10ClN2O3-. The van der Waals surface area contributed by atoms with Crippen molar-refractivity contribution < 1.29 is 10.0 Å². The molecule has 0 radical (unpaired) electrons. The van der Waals surface area contributed by atoms with Crippen molar-refractivity contribution in [1.82, 2.24) is 0 Å². The van der Waals surface area contributed by atoms with Gasteiger partial charge in [-0.3, -0.25) is 15.1 Å². The van der Waals surface area contributed by atoms with Crippen molar-refractivity contribution in [3.63, 3.8) is 0 Å². The molecule has 2 aromatic carbocycles. The van der Waals surface area contributed by atoms with Crippen LogP contribution in [-0.2, 0) is 0 Å². The molecule has 0 heterocycles. The van der Waals surface area contributed by atoms with Crippen LogP contribution < -0.4 is 5.11 Å². The Morgan fingerprint density at radius 1 is 1.25 bits per heavy atom. The Morgan fingerprint density at radius 3 is 2.65 bits per heavy atom. The van der Waals surface area contributed by atoms with Gasteiger partial charge in [0, 0.05) is 18.3 Å². The molecular weight excluding hydrogens is 280 g/mol. The van der Waals surface area contributed by atoms with E-state index in [1.807, 2.05) is 13.0 Å². The van der Waals surface area contributed by atoms with Crippen molar-refractivity contribution in [3.05, 3.63) is 62.7 Å². The molecule has 0 aliphatic rings. The lowest BCUT2D eigenvalue weighted by Gasteiger charge is -2.08. The predicted molar refractivity (Wildman–Crippen MR) is 76.0 cm³/mol. The van der Waals surface area contributed by atoms with E-state index in [-0.39, 0.29) is 17.0 Å². The quantitative estimate of drug-likeness (QED) is 0.493. The summed E-state index contributed by atoms with van der Waals surface area (Å²) in [5, 5.41) is 22.7. The minimum atomic E-state index is -0.560. The second kappa shape index (κ2) is 5.71. The van der Waals surface area contributed by atoms with Gasteiger partial charge in [0.1, 0.15) is 0 Å². The molecule has 0 bridgehead atoms. The smallest absolute Gasteiger partial charge is 0.270 e. The maximum atomic E-state index is 11.6. The minimum absolute atomic E-state index is 0.149. The second-order valence-corrected chi connectivity index (χ2v) is 4.60. The maximum absolute atomic E-state index is 11.6. The average Bonchev–Trinajstić information content (AvgIpc) is 2.39. The maximum Gasteiger partial charge on any atom is 0.270 e. The summed E-state index contributed by atoms with van der Waals surface area (Å²) in [7, 11) is 0. The summed E-state index contributed by atoms with van der Waals surface area (Å²) >= 11 is 6.02. The monoisotopic (exact) mass is 289 g/mol. The Hall–Kier alpha value is -2.40. The van der Waals surface area contributed by atoms with Gasteiger partial charge >= 0.3 is 0 Å². The number of nitro groups is 1. The number of nitro benzene ring substituents is 1. The standard InChI is InChI=1S/C14H11ClN2O3/c1-9-2-4-13(12(15)6-9)16-8-10-7-11(17(19)20)3-5-14(10)18/h2-8,18H,1H3/p-1. The van der Waals surface area contributed by atoms with Gasteiger partial charge in [-0.2, -0.15) is 0 Å². The topological polar surface area (TPSA) is 78.6 Å². The lowest BCUT2D eigenvalue weighted by molar-refractivity contribution is -0.385. The highest BCUT2D eigenvalue weighted by atomic mass is 35.5. The summed E-state index contributed by atoms with van der Waals surface area (Å²) in [5.41, 5.74) is 1.49. The lowest BCUT2D eigenvalue weighted by atomic mass is 10.2. The van der Waals surface area contributed by atoms with Crippen LogP contribution in [0.5, 0.6) is 5.75 Å². The number of hydrogen-bond donors (Lipinski definition) is 0. The molecule has 5 nitrogen and oxygen atoms in total. The highest BCUT2D eigenvalue weighted by Gasteiger charge is 2.05. The van der Waals surface area contributed by atoms with E-state index >= 15 is 0 Å². The fourth-order valence-electron chi connectivity index (χ4n) is 1.61. The van der Waals surface area contributed by atoms with Gasteiger partial charge < -0.3 is 5.11 Å². The molecule has 0 aromatic heterocycles. The van der Waals surface area contributed by atoms with Crippen molar-refractivity contribution in [2.75, 3.05) is 0 Å². The zero-order valence-electron chi connectivity index (χ0n) is 10.5. The number of rotatable bonds is 3. The van der Waals surface area contributed by atoms with Crippen LogP contribution in [0.3, 0.4) is 0 Å². The van der Waals surface area contributed by atoms with Gasteiger partial charge in [-0.1, -0.05) is 29.5 Å². The average molecular weight is 290 g/mol. The number of benzene rings is 2. The summed E-state index contributed by atoms with van der Waals surface area (Å²) < 4.78 is 0. The Kier molecular flexibility index (Phi) is 4.00. The number of aliphatic imine (C=N–C) groups is 1. The van der Waals surface area contributed by atoms with Crippen LogP contribution >= 0.6 is 11.6 Å². The van der Waals surface area contributed by atoms with E-state index in [0.717, 1.165) is 11.6 Å². The minimum Gasteiger partial charge on any atom is -0.872 e. The normalized spacial score (nSPS) is 10.9. The zero-order chi connectivity index (χ0) is 14.7. The van der Waals surface area contributed by atoms with E-state index in [1.165, 1.54) is 18.3 Å². The highest BCUT2D eigenvalue weighted by molar-refractivity contribution is 6.33. The third-order valence-electron chi connectivity index (χ3n) is 2.65. The number of non-ortho nitro benzene ring substituents is 1. The molecule has 0 aliphatic heterocycles. The van der Waals surface area contributed by atoms with E-state index in [2.05, 4.69) is 4.99 Å². The number of hydrogen-bond acceptors (Lipinski definition) is 4. The van der Waals surface area contributed by atoms with Crippen molar-refractivity contribution in [1.29, 1.82) is 0 Å². The zero-order valence-corrected chi connectivity index (χ0v) is 11.3. The number of nitrogens with zero attached hydrogens (tertiary/aromatic N) is 2. The molecule has 0 aliphatic carbocycles. The van der Waals surface area contributed by atoms with Crippen molar-refractivity contribution in [2.45, 2.75) is 6.92 Å². The molecule has 0 saturated carbocycles. The van der Waals surface area contributed by atoms with Crippen LogP contribution in [-0.4, -0.2) is 11.1 Å². The fourth-order valence-corrected chi connectivity index (χ4v) is 1.89. The third kappa shape index (κ3) is 3.13. The van der Waals surface area contributed by atoms with Crippen LogP contribution in [0, 0.1) is 17.0 Å². The van der Waals surface area contributed by atoms with Crippen molar-refractivity contribution >= 4 is 29.2 Å². The van der Waals surface area contributed by atoms with Crippen LogP contribution in [0.2, 0.25) is 5.02 Å². The van der Waals surface area contributed by atoms with E-state index in [4.69, 9.17) is 11.6 Å². The first-order chi connectivity index (χ1) is 9.47. The van der Waals surface area contributed by atoms with Crippen LogP contribution in [0.1, 0.15) is 11.1 Å². The second-order valence-electron chi connectivity index (χ2n) is 4.19. The molecule has 0 saturated heterocycles. The molecule has 0 N–H and O–H groups in total. The van der Waals surface area contributed by atoms with Gasteiger partial charge in [0.2, 0.25) is 0 Å². The van der Waals surface area contributed by atoms with Crippen molar-refractivity contribution in [2.24, 2.45) is 4.99 Å². The summed E-state index contributed by atoms with van der Waals surface area (Å²) in [6, 6.07) is 8.81. The molecule has 0 unspecified atom stereocenters. The van der Waals surface area contributed by atoms with Gasteiger partial charge in [0.05, 0.1) is 15.6 Å². The molecule has 0 spiro atoms. The highest BCUT2D eigenvalue weighted by Crippen LogP contribution is 2.26.